The van der Waals surface area contributed by atoms with Gasteiger partial charge in [-0.3, -0.25) is 0 Å². The van der Waals surface area contributed by atoms with E-state index in [-0.39, 0.29) is 0 Å². The minimum atomic E-state index is 0.313. The van der Waals surface area contributed by atoms with Crippen LogP contribution in [0.1, 0.15) is 31.0 Å². The molecule has 0 heterocycles. The van der Waals surface area contributed by atoms with E-state index >= 15 is 0 Å². The first-order chi connectivity index (χ1) is 8.08. The van der Waals surface area contributed by atoms with Crippen LogP contribution in [0.25, 0.3) is 0 Å². The van der Waals surface area contributed by atoms with Crippen molar-refractivity contribution in [2.75, 3.05) is 19.1 Å². The highest BCUT2D eigenvalue weighted by molar-refractivity contribution is 7.98. The van der Waals surface area contributed by atoms with E-state index in [9.17, 15) is 0 Å². The monoisotopic (exact) mass is 253 g/mol. The van der Waals surface area contributed by atoms with Gasteiger partial charge in [-0.25, -0.2) is 0 Å². The van der Waals surface area contributed by atoms with Crippen LogP contribution in [0.4, 0.5) is 0 Å². The van der Waals surface area contributed by atoms with Crippen LogP contribution < -0.4 is 10.1 Å². The molecule has 1 rings (SSSR count). The van der Waals surface area contributed by atoms with Crippen molar-refractivity contribution in [1.82, 2.24) is 5.32 Å². The van der Waals surface area contributed by atoms with E-state index in [4.69, 9.17) is 4.74 Å². The Labute approximate surface area is 109 Å². The van der Waals surface area contributed by atoms with Gasteiger partial charge in [0, 0.05) is 23.4 Å². The van der Waals surface area contributed by atoms with E-state index in [0.29, 0.717) is 12.1 Å². The highest BCUT2D eigenvalue weighted by Gasteiger charge is 2.13. The van der Waals surface area contributed by atoms with Crippen molar-refractivity contribution in [1.29, 1.82) is 0 Å². The summed E-state index contributed by atoms with van der Waals surface area (Å²) in [5.74, 6) is 2.10. The molecule has 2 unspecified atom stereocenters. The fourth-order valence-corrected chi connectivity index (χ4v) is 2.59. The Hall–Kier alpha value is -0.670. The van der Waals surface area contributed by atoms with Gasteiger partial charge in [0.2, 0.25) is 0 Å². The Morgan fingerprint density at radius 1 is 1.35 bits per heavy atom. The highest BCUT2D eigenvalue weighted by Crippen LogP contribution is 2.26. The summed E-state index contributed by atoms with van der Waals surface area (Å²) >= 11 is 1.87. The molecule has 0 aliphatic heterocycles. The maximum Gasteiger partial charge on any atom is 0.123 e. The molecule has 96 valence electrons. The van der Waals surface area contributed by atoms with Crippen LogP contribution in [0, 0.1) is 6.92 Å². The zero-order chi connectivity index (χ0) is 12.8. The number of methoxy groups -OCH3 is 1. The predicted octanol–water partition coefficient (Wildman–Crippen LogP) is 3.41. The molecular weight excluding hydrogens is 230 g/mol. The van der Waals surface area contributed by atoms with Gasteiger partial charge in [0.15, 0.2) is 0 Å². The summed E-state index contributed by atoms with van der Waals surface area (Å²) in [6, 6.07) is 7.19. The van der Waals surface area contributed by atoms with Gasteiger partial charge < -0.3 is 10.1 Å². The summed E-state index contributed by atoms with van der Waals surface area (Å²) in [6.07, 6.45) is 2.13. The summed E-state index contributed by atoms with van der Waals surface area (Å²) in [5.41, 5.74) is 2.46. The first-order valence-corrected chi connectivity index (χ1v) is 7.37. The second-order valence-corrected chi connectivity index (χ2v) is 5.40. The smallest absolute Gasteiger partial charge is 0.123 e. The third-order valence-electron chi connectivity index (χ3n) is 2.81. The van der Waals surface area contributed by atoms with Crippen LogP contribution >= 0.6 is 11.8 Å². The van der Waals surface area contributed by atoms with Crippen LogP contribution in [0.5, 0.6) is 5.75 Å². The predicted molar refractivity (Wildman–Crippen MR) is 77.1 cm³/mol. The van der Waals surface area contributed by atoms with Crippen molar-refractivity contribution < 1.29 is 4.74 Å². The molecule has 1 N–H and O–H groups in total. The quantitative estimate of drug-likeness (QED) is 0.839. The molecular formula is C14H23NOS. The van der Waals surface area contributed by atoms with Gasteiger partial charge in [0.25, 0.3) is 0 Å². The molecule has 1 aromatic carbocycles. The van der Waals surface area contributed by atoms with Crippen molar-refractivity contribution >= 4 is 11.8 Å². The number of hydrogen-bond acceptors (Lipinski definition) is 3. The van der Waals surface area contributed by atoms with Crippen LogP contribution in [-0.4, -0.2) is 25.2 Å². The number of nitrogens with one attached hydrogen (secondary N) is 1. The van der Waals surface area contributed by atoms with E-state index < -0.39 is 0 Å². The van der Waals surface area contributed by atoms with Gasteiger partial charge in [-0.1, -0.05) is 12.1 Å². The SMILES string of the molecule is COc1cc(C)ccc1C(C)NC(C)CSC. The van der Waals surface area contributed by atoms with E-state index in [2.05, 4.69) is 50.5 Å². The average molecular weight is 253 g/mol. The van der Waals surface area contributed by atoms with Crippen LogP contribution in [0.2, 0.25) is 0 Å². The highest BCUT2D eigenvalue weighted by atomic mass is 32.2. The molecule has 0 spiro atoms. The van der Waals surface area contributed by atoms with Crippen molar-refractivity contribution in [3.05, 3.63) is 29.3 Å². The summed E-state index contributed by atoms with van der Waals surface area (Å²) in [6.45, 7) is 6.48. The maximum atomic E-state index is 5.44. The van der Waals surface area contributed by atoms with Crippen molar-refractivity contribution in [3.8, 4) is 5.75 Å². The molecule has 2 atom stereocenters. The Balaban J connectivity index is 2.77. The number of thioether (sulfide) groups is 1. The molecule has 0 bridgehead atoms. The molecule has 1 aromatic rings. The molecule has 0 fully saturated rings. The molecule has 17 heavy (non-hydrogen) atoms. The standard InChI is InChI=1S/C14H23NOS/c1-10-6-7-13(14(8-10)16-4)12(3)15-11(2)9-17-5/h6-8,11-12,15H,9H2,1-5H3. The Morgan fingerprint density at radius 2 is 2.06 bits per heavy atom. The molecule has 3 heteroatoms. The summed E-state index contributed by atoms with van der Waals surface area (Å²) < 4.78 is 5.44. The molecule has 0 aliphatic rings. The van der Waals surface area contributed by atoms with Crippen LogP contribution in [-0.2, 0) is 0 Å². The Morgan fingerprint density at radius 3 is 2.65 bits per heavy atom. The minimum Gasteiger partial charge on any atom is -0.496 e. The normalized spacial score (nSPS) is 14.4. The van der Waals surface area contributed by atoms with Gasteiger partial charge in [-0.2, -0.15) is 11.8 Å². The van der Waals surface area contributed by atoms with E-state index in [1.807, 2.05) is 11.8 Å². The molecule has 0 aromatic heterocycles. The molecule has 2 nitrogen and oxygen atoms in total. The zero-order valence-corrected chi connectivity index (χ0v) is 12.2. The topological polar surface area (TPSA) is 21.3 Å². The van der Waals surface area contributed by atoms with Crippen molar-refractivity contribution in [2.45, 2.75) is 32.9 Å². The number of rotatable bonds is 6. The first kappa shape index (κ1) is 14.4. The Kier molecular flexibility index (Phi) is 5.86. The first-order valence-electron chi connectivity index (χ1n) is 5.98. The van der Waals surface area contributed by atoms with E-state index in [0.717, 1.165) is 11.5 Å². The van der Waals surface area contributed by atoms with Gasteiger partial charge in [0.05, 0.1) is 7.11 Å². The van der Waals surface area contributed by atoms with Crippen molar-refractivity contribution in [3.63, 3.8) is 0 Å². The summed E-state index contributed by atoms with van der Waals surface area (Å²) in [5, 5.41) is 3.59. The Bertz CT molecular complexity index is 354. The average Bonchev–Trinajstić information content (AvgIpc) is 2.28. The second kappa shape index (κ2) is 6.92. The van der Waals surface area contributed by atoms with Crippen LogP contribution in [0.3, 0.4) is 0 Å². The molecule has 0 aliphatic carbocycles. The van der Waals surface area contributed by atoms with Crippen LogP contribution in [0.15, 0.2) is 18.2 Å². The lowest BCUT2D eigenvalue weighted by molar-refractivity contribution is 0.398. The van der Waals surface area contributed by atoms with E-state index in [1.165, 1.54) is 11.1 Å². The second-order valence-electron chi connectivity index (χ2n) is 4.49. The number of aryl methyl sites for hydroxylation is 1. The molecule has 0 saturated carbocycles. The van der Waals surface area contributed by atoms with Gasteiger partial charge in [0.1, 0.15) is 5.75 Å². The van der Waals surface area contributed by atoms with E-state index in [1.54, 1.807) is 7.11 Å². The fourth-order valence-electron chi connectivity index (χ4n) is 1.99. The zero-order valence-electron chi connectivity index (χ0n) is 11.4. The number of benzene rings is 1. The molecule has 0 saturated heterocycles. The van der Waals surface area contributed by atoms with Gasteiger partial charge in [-0.15, -0.1) is 0 Å². The number of hydrogen-bond donors (Lipinski definition) is 1. The lowest BCUT2D eigenvalue weighted by atomic mass is 10.0. The largest absolute Gasteiger partial charge is 0.496 e. The lowest BCUT2D eigenvalue weighted by Crippen LogP contribution is -2.31. The fraction of sp³-hybridized carbons (Fsp3) is 0.571. The maximum absolute atomic E-state index is 5.44. The summed E-state index contributed by atoms with van der Waals surface area (Å²) in [4.78, 5) is 0. The lowest BCUT2D eigenvalue weighted by Gasteiger charge is -2.21. The third-order valence-corrected chi connectivity index (χ3v) is 3.64. The molecule has 0 radical (unpaired) electrons. The third kappa shape index (κ3) is 4.25. The van der Waals surface area contributed by atoms with Crippen molar-refractivity contribution in [2.24, 2.45) is 0 Å². The molecule has 0 amide bonds. The minimum absolute atomic E-state index is 0.313. The number of ether oxygens (including phenoxy) is 1. The van der Waals surface area contributed by atoms with Gasteiger partial charge >= 0.3 is 0 Å². The summed E-state index contributed by atoms with van der Waals surface area (Å²) in [7, 11) is 1.73. The van der Waals surface area contributed by atoms with Gasteiger partial charge in [-0.05, 0) is 38.7 Å².